The highest BCUT2D eigenvalue weighted by atomic mass is 32.3. The van der Waals surface area contributed by atoms with Crippen LogP contribution < -0.4 is 0 Å². The highest BCUT2D eigenvalue weighted by Crippen LogP contribution is 2.51. The molecule has 2 aliphatic rings. The third kappa shape index (κ3) is 3.17. The molecular formula is C23H26O4S2. The van der Waals surface area contributed by atoms with Crippen molar-refractivity contribution in [3.8, 4) is 0 Å². The Bertz CT molecular complexity index is 1050. The zero-order valence-corrected chi connectivity index (χ0v) is 18.1. The van der Waals surface area contributed by atoms with Gasteiger partial charge in [0, 0.05) is 6.42 Å². The van der Waals surface area contributed by atoms with Gasteiger partial charge in [-0.1, -0.05) is 55.0 Å². The van der Waals surface area contributed by atoms with Crippen molar-refractivity contribution >= 4 is 19.7 Å². The van der Waals surface area contributed by atoms with E-state index in [9.17, 15) is 16.8 Å². The van der Waals surface area contributed by atoms with Crippen molar-refractivity contribution in [1.82, 2.24) is 0 Å². The van der Waals surface area contributed by atoms with Crippen LogP contribution >= 0.6 is 0 Å². The van der Waals surface area contributed by atoms with Gasteiger partial charge in [-0.3, -0.25) is 0 Å². The van der Waals surface area contributed by atoms with E-state index in [1.807, 2.05) is 6.08 Å². The number of benzene rings is 2. The lowest BCUT2D eigenvalue weighted by Gasteiger charge is -2.43. The van der Waals surface area contributed by atoms with Crippen molar-refractivity contribution in [2.45, 2.75) is 52.9 Å². The number of sulfone groups is 2. The van der Waals surface area contributed by atoms with Crippen molar-refractivity contribution < 1.29 is 16.8 Å². The molecule has 0 amide bonds. The maximum atomic E-state index is 13.9. The summed E-state index contributed by atoms with van der Waals surface area (Å²) in [6, 6.07) is 16.0. The number of allylic oxidation sites excluding steroid dienone is 2. The minimum atomic E-state index is -4.14. The molecule has 2 atom stereocenters. The number of hydrogen-bond acceptors (Lipinski definition) is 4. The van der Waals surface area contributed by atoms with Crippen LogP contribution in [0.25, 0.3) is 0 Å². The first-order valence-electron chi connectivity index (χ1n) is 10.1. The lowest BCUT2D eigenvalue weighted by atomic mass is 9.71. The normalized spacial score (nSPS) is 24.4. The molecule has 2 unspecified atom stereocenters. The Morgan fingerprint density at radius 2 is 1.34 bits per heavy atom. The van der Waals surface area contributed by atoms with Gasteiger partial charge in [-0.25, -0.2) is 16.8 Å². The number of hydrogen-bond donors (Lipinski definition) is 0. The van der Waals surface area contributed by atoms with Crippen molar-refractivity contribution in [2.75, 3.05) is 0 Å². The summed E-state index contributed by atoms with van der Waals surface area (Å²) in [6.45, 7) is 2.11. The second kappa shape index (κ2) is 7.40. The summed E-state index contributed by atoms with van der Waals surface area (Å²) >= 11 is 0. The topological polar surface area (TPSA) is 68.3 Å². The lowest BCUT2D eigenvalue weighted by Crippen LogP contribution is -2.50. The van der Waals surface area contributed by atoms with Crippen LogP contribution in [0.15, 0.2) is 82.1 Å². The molecule has 1 fully saturated rings. The highest BCUT2D eigenvalue weighted by Gasteiger charge is 2.58. The molecule has 0 N–H and O–H groups in total. The summed E-state index contributed by atoms with van der Waals surface area (Å²) in [7, 11) is -8.27. The van der Waals surface area contributed by atoms with Crippen LogP contribution in [0.4, 0.5) is 0 Å². The van der Waals surface area contributed by atoms with Gasteiger partial charge in [0.05, 0.1) is 9.79 Å². The Labute approximate surface area is 173 Å². The van der Waals surface area contributed by atoms with E-state index in [4.69, 9.17) is 0 Å². The molecule has 0 saturated heterocycles. The third-order valence-corrected chi connectivity index (χ3v) is 12.3. The Balaban J connectivity index is 1.95. The molecule has 6 heteroatoms. The van der Waals surface area contributed by atoms with E-state index in [0.717, 1.165) is 19.3 Å². The molecule has 0 aliphatic heterocycles. The van der Waals surface area contributed by atoms with Crippen LogP contribution in [0.1, 0.15) is 39.0 Å². The monoisotopic (exact) mass is 430 g/mol. The molecule has 1 saturated carbocycles. The molecular weight excluding hydrogens is 404 g/mol. The largest absolute Gasteiger partial charge is 0.222 e. The lowest BCUT2D eigenvalue weighted by molar-refractivity contribution is 0.285. The molecule has 4 rings (SSSR count). The van der Waals surface area contributed by atoms with Crippen molar-refractivity contribution in [1.29, 1.82) is 0 Å². The molecule has 0 aromatic heterocycles. The summed E-state index contributed by atoms with van der Waals surface area (Å²) in [5.74, 6) is 0.251. The van der Waals surface area contributed by atoms with Gasteiger partial charge in [-0.15, -0.1) is 0 Å². The van der Waals surface area contributed by atoms with Gasteiger partial charge in [-0.05, 0) is 61.8 Å². The standard InChI is InChI=1S/C23H26O4S2/c1-18-9-8-10-19-15-16-23(17-22(18)19,28(24,25)20-11-4-2-5-12-20)29(26,27)21-13-6-3-7-14-21/h2-7,11-15,18,22H,8-10,16-17H2,1H3. The van der Waals surface area contributed by atoms with Crippen LogP contribution in [0, 0.1) is 11.8 Å². The summed E-state index contributed by atoms with van der Waals surface area (Å²) < 4.78 is 53.7. The number of fused-ring (bicyclic) bond motifs is 1. The van der Waals surface area contributed by atoms with Gasteiger partial charge in [0.2, 0.25) is 0 Å². The average Bonchev–Trinajstić information content (AvgIpc) is 2.75. The van der Waals surface area contributed by atoms with E-state index in [2.05, 4.69) is 6.92 Å². The molecule has 2 aromatic carbocycles. The van der Waals surface area contributed by atoms with E-state index < -0.39 is 23.8 Å². The molecule has 0 heterocycles. The Morgan fingerprint density at radius 1 is 0.828 bits per heavy atom. The van der Waals surface area contributed by atoms with Crippen molar-refractivity contribution in [3.63, 3.8) is 0 Å². The fourth-order valence-corrected chi connectivity index (χ4v) is 9.91. The first-order chi connectivity index (χ1) is 13.8. The SMILES string of the molecule is CC1CCCC2=CCC(S(=O)(=O)c3ccccc3)(S(=O)(=O)c3ccccc3)CC21. The smallest absolute Gasteiger partial charge is 0.199 e. The fraction of sp³-hybridized carbons (Fsp3) is 0.391. The summed E-state index contributed by atoms with van der Waals surface area (Å²) in [5, 5.41) is 0. The molecule has 0 spiro atoms. The van der Waals surface area contributed by atoms with Crippen LogP contribution in [-0.4, -0.2) is 20.9 Å². The molecule has 4 nitrogen and oxygen atoms in total. The van der Waals surface area contributed by atoms with Gasteiger partial charge in [0.15, 0.2) is 23.8 Å². The number of rotatable bonds is 4. The van der Waals surface area contributed by atoms with E-state index in [0.29, 0.717) is 0 Å². The van der Waals surface area contributed by atoms with E-state index >= 15 is 0 Å². The second-order valence-electron chi connectivity index (χ2n) is 8.21. The van der Waals surface area contributed by atoms with E-state index in [1.165, 1.54) is 29.8 Å². The minimum absolute atomic E-state index is 0.00000850. The minimum Gasteiger partial charge on any atom is -0.222 e. The highest BCUT2D eigenvalue weighted by molar-refractivity contribution is 8.10. The fourth-order valence-electron chi connectivity index (χ4n) is 4.88. The molecule has 0 radical (unpaired) electrons. The molecule has 154 valence electrons. The van der Waals surface area contributed by atoms with Crippen LogP contribution in [-0.2, 0) is 19.7 Å². The van der Waals surface area contributed by atoms with Crippen LogP contribution in [0.3, 0.4) is 0 Å². The zero-order chi connectivity index (χ0) is 20.7. The summed E-state index contributed by atoms with van der Waals surface area (Å²) in [6.07, 6.45) is 5.03. The average molecular weight is 431 g/mol. The predicted molar refractivity (Wildman–Crippen MR) is 114 cm³/mol. The summed E-state index contributed by atoms with van der Waals surface area (Å²) in [4.78, 5) is 0.139. The van der Waals surface area contributed by atoms with Gasteiger partial charge in [0.25, 0.3) is 0 Å². The first-order valence-corrected chi connectivity index (χ1v) is 13.0. The van der Waals surface area contributed by atoms with Gasteiger partial charge < -0.3 is 0 Å². The predicted octanol–water partition coefficient (Wildman–Crippen LogP) is 4.79. The van der Waals surface area contributed by atoms with E-state index in [-0.39, 0.29) is 34.5 Å². The summed E-state index contributed by atoms with van der Waals surface area (Å²) in [5.41, 5.74) is 1.23. The van der Waals surface area contributed by atoms with Crippen molar-refractivity contribution in [3.05, 3.63) is 72.3 Å². The van der Waals surface area contributed by atoms with Crippen molar-refractivity contribution in [2.24, 2.45) is 11.8 Å². The quantitative estimate of drug-likeness (QED) is 0.654. The molecule has 2 aliphatic carbocycles. The molecule has 29 heavy (non-hydrogen) atoms. The molecule has 2 aromatic rings. The van der Waals surface area contributed by atoms with Crippen LogP contribution in [0.2, 0.25) is 0 Å². The first kappa shape index (κ1) is 20.4. The second-order valence-corrected chi connectivity index (χ2v) is 13.0. The van der Waals surface area contributed by atoms with Crippen LogP contribution in [0.5, 0.6) is 0 Å². The Morgan fingerprint density at radius 3 is 1.86 bits per heavy atom. The zero-order valence-electron chi connectivity index (χ0n) is 16.5. The molecule has 0 bridgehead atoms. The third-order valence-electron chi connectivity index (χ3n) is 6.58. The maximum absolute atomic E-state index is 13.9. The van der Waals surface area contributed by atoms with Gasteiger partial charge >= 0.3 is 0 Å². The van der Waals surface area contributed by atoms with Gasteiger partial charge in [-0.2, -0.15) is 0 Å². The Kier molecular flexibility index (Phi) is 5.20. The Hall–Kier alpha value is -1.92. The van der Waals surface area contributed by atoms with Gasteiger partial charge in [0.1, 0.15) is 0 Å². The maximum Gasteiger partial charge on any atom is 0.199 e. The van der Waals surface area contributed by atoms with E-state index in [1.54, 1.807) is 36.4 Å².